The highest BCUT2D eigenvalue weighted by Gasteiger charge is 2.40. The van der Waals surface area contributed by atoms with Crippen LogP contribution in [0.2, 0.25) is 0 Å². The summed E-state index contributed by atoms with van der Waals surface area (Å²) in [7, 11) is 0. The van der Waals surface area contributed by atoms with Crippen LogP contribution in [0.5, 0.6) is 0 Å². The number of hydrogen-bond donors (Lipinski definition) is 0. The van der Waals surface area contributed by atoms with E-state index in [1.165, 1.54) is 47.8 Å². The Morgan fingerprint density at radius 1 is 1.19 bits per heavy atom. The SMILES string of the molecule is CCN1C(=C2SC(=S)N(C3CCCCC3)C2=O)C=Cc2cc(C)ccc21. The van der Waals surface area contributed by atoms with E-state index in [9.17, 15) is 4.79 Å². The number of allylic oxidation sites excluding steroid dienone is 1. The van der Waals surface area contributed by atoms with Crippen LogP contribution in [0.25, 0.3) is 6.08 Å². The van der Waals surface area contributed by atoms with Gasteiger partial charge in [-0.25, -0.2) is 0 Å². The van der Waals surface area contributed by atoms with Gasteiger partial charge in [-0.05, 0) is 50.5 Å². The predicted octanol–water partition coefficient (Wildman–Crippen LogP) is 5.25. The summed E-state index contributed by atoms with van der Waals surface area (Å²) in [5.74, 6) is 0.0977. The topological polar surface area (TPSA) is 23.6 Å². The third-order valence-electron chi connectivity index (χ3n) is 5.47. The van der Waals surface area contributed by atoms with Crippen LogP contribution in [-0.2, 0) is 4.79 Å². The highest BCUT2D eigenvalue weighted by atomic mass is 32.2. The van der Waals surface area contributed by atoms with Crippen LogP contribution in [-0.4, -0.2) is 27.7 Å². The summed E-state index contributed by atoms with van der Waals surface area (Å²) in [6.45, 7) is 5.06. The Kier molecular flexibility index (Phi) is 4.93. The van der Waals surface area contributed by atoms with Crippen LogP contribution < -0.4 is 4.90 Å². The summed E-state index contributed by atoms with van der Waals surface area (Å²) in [5.41, 5.74) is 4.60. The molecule has 0 radical (unpaired) electrons. The van der Waals surface area contributed by atoms with Crippen molar-refractivity contribution in [3.05, 3.63) is 46.0 Å². The van der Waals surface area contributed by atoms with Gasteiger partial charge in [0.25, 0.3) is 5.91 Å². The minimum Gasteiger partial charge on any atom is -0.340 e. The molecule has 0 bridgehead atoms. The Labute approximate surface area is 165 Å². The number of rotatable bonds is 2. The van der Waals surface area contributed by atoms with Crippen molar-refractivity contribution in [2.45, 2.75) is 52.0 Å². The van der Waals surface area contributed by atoms with Crippen molar-refractivity contribution in [1.29, 1.82) is 0 Å². The number of thiocarbonyl (C=S) groups is 1. The maximum atomic E-state index is 13.2. The monoisotopic (exact) mass is 384 g/mol. The summed E-state index contributed by atoms with van der Waals surface area (Å²) in [4.78, 5) is 18.2. The van der Waals surface area contributed by atoms with Crippen molar-refractivity contribution in [3.63, 3.8) is 0 Å². The average Bonchev–Trinajstić information content (AvgIpc) is 2.95. The molecule has 136 valence electrons. The number of fused-ring (bicyclic) bond motifs is 1. The lowest BCUT2D eigenvalue weighted by molar-refractivity contribution is -0.124. The molecule has 0 N–H and O–H groups in total. The molecule has 0 spiro atoms. The van der Waals surface area contributed by atoms with E-state index in [1.54, 1.807) is 0 Å². The summed E-state index contributed by atoms with van der Waals surface area (Å²) in [6.07, 6.45) is 10.0. The number of likely N-dealkylation sites (N-methyl/N-ethyl adjacent to an activating group) is 1. The molecule has 1 amide bonds. The van der Waals surface area contributed by atoms with Gasteiger partial charge in [0.15, 0.2) is 0 Å². The van der Waals surface area contributed by atoms with Crippen molar-refractivity contribution < 1.29 is 4.79 Å². The van der Waals surface area contributed by atoms with E-state index in [0.29, 0.717) is 0 Å². The lowest BCUT2D eigenvalue weighted by Gasteiger charge is -2.31. The normalized spacial score (nSPS) is 23.8. The molecule has 1 aromatic carbocycles. The number of anilines is 1. The van der Waals surface area contributed by atoms with Gasteiger partial charge in [0.05, 0.1) is 5.70 Å². The Morgan fingerprint density at radius 2 is 1.96 bits per heavy atom. The van der Waals surface area contributed by atoms with Gasteiger partial charge in [-0.1, -0.05) is 60.9 Å². The first kappa shape index (κ1) is 17.8. The van der Waals surface area contributed by atoms with E-state index in [-0.39, 0.29) is 11.9 Å². The van der Waals surface area contributed by atoms with Crippen LogP contribution >= 0.6 is 24.0 Å². The highest BCUT2D eigenvalue weighted by Crippen LogP contribution is 2.41. The molecule has 0 atom stereocenters. The first-order valence-electron chi connectivity index (χ1n) is 9.46. The molecule has 2 fully saturated rings. The van der Waals surface area contributed by atoms with Gasteiger partial charge in [0, 0.05) is 18.3 Å². The second-order valence-corrected chi connectivity index (χ2v) is 8.83. The molecule has 1 saturated carbocycles. The van der Waals surface area contributed by atoms with E-state index in [2.05, 4.69) is 49.1 Å². The number of carbonyl (C=O) groups is 1. The molecule has 2 heterocycles. The second-order valence-electron chi connectivity index (χ2n) is 7.19. The van der Waals surface area contributed by atoms with Crippen molar-refractivity contribution >= 4 is 46.0 Å². The van der Waals surface area contributed by atoms with E-state index in [1.807, 2.05) is 4.90 Å². The molecule has 0 unspecified atom stereocenters. The molecule has 1 aromatic rings. The maximum Gasteiger partial charge on any atom is 0.268 e. The standard InChI is InChI=1S/C21H24N2OS2/c1-3-22-17-11-9-14(2)13-15(17)10-12-18(22)19-20(24)23(21(25)26-19)16-7-5-4-6-8-16/h9-13,16H,3-8H2,1-2H3. The molecule has 5 heteroatoms. The quantitative estimate of drug-likeness (QED) is 0.513. The zero-order valence-electron chi connectivity index (χ0n) is 15.3. The van der Waals surface area contributed by atoms with Crippen molar-refractivity contribution in [3.8, 4) is 0 Å². The molecular weight excluding hydrogens is 360 g/mol. The van der Waals surface area contributed by atoms with Crippen LogP contribution in [0.3, 0.4) is 0 Å². The van der Waals surface area contributed by atoms with E-state index < -0.39 is 0 Å². The van der Waals surface area contributed by atoms with Gasteiger partial charge in [0.1, 0.15) is 9.23 Å². The van der Waals surface area contributed by atoms with Gasteiger partial charge < -0.3 is 4.90 Å². The fourth-order valence-electron chi connectivity index (χ4n) is 4.17. The molecule has 2 aliphatic heterocycles. The zero-order chi connectivity index (χ0) is 18.3. The zero-order valence-corrected chi connectivity index (χ0v) is 17.0. The number of nitrogens with zero attached hydrogens (tertiary/aromatic N) is 2. The number of aryl methyl sites for hydroxylation is 1. The lowest BCUT2D eigenvalue weighted by Crippen LogP contribution is -2.40. The maximum absolute atomic E-state index is 13.2. The summed E-state index contributed by atoms with van der Waals surface area (Å²) in [5, 5.41) is 0. The number of carbonyl (C=O) groups excluding carboxylic acids is 1. The van der Waals surface area contributed by atoms with Crippen LogP contribution in [0.4, 0.5) is 5.69 Å². The van der Waals surface area contributed by atoms with Crippen LogP contribution in [0.1, 0.15) is 50.2 Å². The molecular formula is C21H24N2OS2. The Morgan fingerprint density at radius 3 is 2.69 bits per heavy atom. The third kappa shape index (κ3) is 3.01. The second kappa shape index (κ2) is 7.20. The summed E-state index contributed by atoms with van der Waals surface area (Å²) >= 11 is 7.08. The van der Waals surface area contributed by atoms with Crippen molar-refractivity contribution in [1.82, 2.24) is 4.90 Å². The van der Waals surface area contributed by atoms with Gasteiger partial charge in [-0.2, -0.15) is 0 Å². The molecule has 3 nitrogen and oxygen atoms in total. The Bertz CT molecular complexity index is 821. The van der Waals surface area contributed by atoms with E-state index >= 15 is 0 Å². The first-order valence-corrected chi connectivity index (χ1v) is 10.7. The van der Waals surface area contributed by atoms with E-state index in [0.717, 1.165) is 34.3 Å². The van der Waals surface area contributed by atoms with E-state index in [4.69, 9.17) is 12.2 Å². The highest BCUT2D eigenvalue weighted by molar-refractivity contribution is 8.26. The molecule has 1 aliphatic carbocycles. The fourth-order valence-corrected chi connectivity index (χ4v) is 5.62. The predicted molar refractivity (Wildman–Crippen MR) is 114 cm³/mol. The first-order chi connectivity index (χ1) is 12.6. The van der Waals surface area contributed by atoms with Crippen LogP contribution in [0, 0.1) is 6.92 Å². The average molecular weight is 385 g/mol. The molecule has 3 aliphatic rings. The van der Waals surface area contributed by atoms with Gasteiger partial charge in [0.2, 0.25) is 0 Å². The molecule has 26 heavy (non-hydrogen) atoms. The lowest BCUT2D eigenvalue weighted by atomic mass is 9.94. The Hall–Kier alpha value is -1.59. The smallest absolute Gasteiger partial charge is 0.268 e. The largest absolute Gasteiger partial charge is 0.340 e. The number of amides is 1. The Balaban J connectivity index is 1.71. The third-order valence-corrected chi connectivity index (χ3v) is 6.88. The van der Waals surface area contributed by atoms with Gasteiger partial charge in [-0.15, -0.1) is 0 Å². The van der Waals surface area contributed by atoms with Gasteiger partial charge in [-0.3, -0.25) is 9.69 Å². The molecule has 4 rings (SSSR count). The minimum absolute atomic E-state index is 0.0977. The van der Waals surface area contributed by atoms with Gasteiger partial charge >= 0.3 is 0 Å². The van der Waals surface area contributed by atoms with Crippen LogP contribution in [0.15, 0.2) is 34.9 Å². The summed E-state index contributed by atoms with van der Waals surface area (Å²) in [6, 6.07) is 6.76. The number of thioether (sulfide) groups is 1. The van der Waals surface area contributed by atoms with Crippen molar-refractivity contribution in [2.24, 2.45) is 0 Å². The van der Waals surface area contributed by atoms with Crippen molar-refractivity contribution in [2.75, 3.05) is 11.4 Å². The molecule has 1 saturated heterocycles. The minimum atomic E-state index is 0.0977. The number of benzene rings is 1. The number of hydrogen-bond acceptors (Lipinski definition) is 4. The molecule has 0 aromatic heterocycles. The summed E-state index contributed by atoms with van der Waals surface area (Å²) < 4.78 is 0.726. The fraction of sp³-hybridized carbons (Fsp3) is 0.429.